The lowest BCUT2D eigenvalue weighted by atomic mass is 10.2. The molecule has 1 heterocycles. The first-order valence-electron chi connectivity index (χ1n) is 9.05. The summed E-state index contributed by atoms with van der Waals surface area (Å²) in [6.07, 6.45) is 4.21. The Hall–Kier alpha value is -2.28. The normalized spacial score (nSPS) is 15.1. The SMILES string of the molecule is C=CCN1C(=O)C(=Cc2cccc(OCCCOc3ccccc3Cl)c2)SC1=S. The number of para-hydroxylation sites is 1. The minimum atomic E-state index is -0.0945. The third kappa shape index (κ3) is 5.85. The van der Waals surface area contributed by atoms with Crippen LogP contribution in [0, 0.1) is 0 Å². The van der Waals surface area contributed by atoms with Crippen LogP contribution in [0.4, 0.5) is 0 Å². The zero-order valence-electron chi connectivity index (χ0n) is 15.7. The van der Waals surface area contributed by atoms with Gasteiger partial charge in [-0.25, -0.2) is 0 Å². The molecule has 1 fully saturated rings. The number of carbonyl (C=O) groups excluding carboxylic acids is 1. The van der Waals surface area contributed by atoms with Gasteiger partial charge in [0, 0.05) is 13.0 Å². The minimum absolute atomic E-state index is 0.0945. The number of halogens is 1. The third-order valence-electron chi connectivity index (χ3n) is 3.99. The molecule has 0 saturated carbocycles. The number of thiocarbonyl (C=S) groups is 1. The highest BCUT2D eigenvalue weighted by molar-refractivity contribution is 8.26. The van der Waals surface area contributed by atoms with E-state index >= 15 is 0 Å². The van der Waals surface area contributed by atoms with Crippen LogP contribution in [0.1, 0.15) is 12.0 Å². The standard InChI is InChI=1S/C22H20ClNO3S2/c1-2-11-24-21(25)20(29-22(24)28)15-16-7-5-8-17(14-16)26-12-6-13-27-19-10-4-3-9-18(19)23/h2-5,7-10,14-15H,1,6,11-13H2. The molecular weight excluding hydrogens is 426 g/mol. The number of hydrogen-bond donors (Lipinski definition) is 0. The number of amides is 1. The van der Waals surface area contributed by atoms with E-state index < -0.39 is 0 Å². The molecule has 2 aromatic rings. The van der Waals surface area contributed by atoms with Crippen LogP contribution in [0.15, 0.2) is 66.1 Å². The maximum atomic E-state index is 12.4. The van der Waals surface area contributed by atoms with Crippen LogP contribution in [0.2, 0.25) is 5.02 Å². The molecule has 0 aliphatic carbocycles. The number of nitrogens with zero attached hydrogens (tertiary/aromatic N) is 1. The second kappa shape index (κ2) is 10.5. The molecule has 2 aromatic carbocycles. The highest BCUT2D eigenvalue weighted by Gasteiger charge is 2.30. The molecule has 3 rings (SSSR count). The Balaban J connectivity index is 1.52. The fraction of sp³-hybridized carbons (Fsp3) is 0.182. The summed E-state index contributed by atoms with van der Waals surface area (Å²) in [4.78, 5) is 14.6. The molecule has 1 saturated heterocycles. The van der Waals surface area contributed by atoms with Gasteiger partial charge in [-0.15, -0.1) is 6.58 Å². The fourth-order valence-corrected chi connectivity index (χ4v) is 4.09. The van der Waals surface area contributed by atoms with Gasteiger partial charge in [0.2, 0.25) is 0 Å². The monoisotopic (exact) mass is 445 g/mol. The summed E-state index contributed by atoms with van der Waals surface area (Å²) in [7, 11) is 0. The van der Waals surface area contributed by atoms with Gasteiger partial charge in [0.05, 0.1) is 23.1 Å². The van der Waals surface area contributed by atoms with Crippen molar-refractivity contribution >= 4 is 51.9 Å². The molecule has 0 bridgehead atoms. The van der Waals surface area contributed by atoms with Crippen molar-refractivity contribution in [3.8, 4) is 11.5 Å². The highest BCUT2D eigenvalue weighted by Crippen LogP contribution is 2.32. The van der Waals surface area contributed by atoms with Crippen LogP contribution in [0.25, 0.3) is 6.08 Å². The molecule has 29 heavy (non-hydrogen) atoms. The topological polar surface area (TPSA) is 38.8 Å². The van der Waals surface area contributed by atoms with Crippen LogP contribution < -0.4 is 9.47 Å². The molecule has 1 aliphatic heterocycles. The van der Waals surface area contributed by atoms with Gasteiger partial charge in [-0.1, -0.05) is 65.9 Å². The van der Waals surface area contributed by atoms with Gasteiger partial charge in [-0.2, -0.15) is 0 Å². The Morgan fingerprint density at radius 2 is 1.93 bits per heavy atom. The molecule has 0 radical (unpaired) electrons. The van der Waals surface area contributed by atoms with E-state index in [-0.39, 0.29) is 5.91 Å². The van der Waals surface area contributed by atoms with E-state index in [1.807, 2.05) is 48.5 Å². The van der Waals surface area contributed by atoms with Crippen molar-refractivity contribution in [2.75, 3.05) is 19.8 Å². The van der Waals surface area contributed by atoms with E-state index in [4.69, 9.17) is 33.3 Å². The first-order chi connectivity index (χ1) is 14.1. The summed E-state index contributed by atoms with van der Waals surface area (Å²) < 4.78 is 12.0. The Labute approximate surface area is 185 Å². The van der Waals surface area contributed by atoms with Crippen molar-refractivity contribution in [3.63, 3.8) is 0 Å². The van der Waals surface area contributed by atoms with Gasteiger partial charge in [0.15, 0.2) is 0 Å². The summed E-state index contributed by atoms with van der Waals surface area (Å²) in [5.41, 5.74) is 0.883. The second-order valence-corrected chi connectivity index (χ2v) is 8.22. The van der Waals surface area contributed by atoms with E-state index in [1.54, 1.807) is 12.1 Å². The van der Waals surface area contributed by atoms with Gasteiger partial charge in [0.25, 0.3) is 5.91 Å². The number of benzene rings is 2. The summed E-state index contributed by atoms with van der Waals surface area (Å²) >= 11 is 12.6. The van der Waals surface area contributed by atoms with E-state index in [9.17, 15) is 4.79 Å². The van der Waals surface area contributed by atoms with Gasteiger partial charge in [-0.05, 0) is 35.9 Å². The predicted octanol–water partition coefficient (Wildman–Crippen LogP) is 5.58. The average molecular weight is 446 g/mol. The van der Waals surface area contributed by atoms with E-state index in [1.165, 1.54) is 16.7 Å². The van der Waals surface area contributed by atoms with Gasteiger partial charge >= 0.3 is 0 Å². The van der Waals surface area contributed by atoms with Crippen molar-refractivity contribution < 1.29 is 14.3 Å². The lowest BCUT2D eigenvalue weighted by Crippen LogP contribution is -2.27. The van der Waals surface area contributed by atoms with Crippen LogP contribution >= 0.6 is 35.6 Å². The Bertz CT molecular complexity index is 945. The van der Waals surface area contributed by atoms with E-state index in [0.717, 1.165) is 17.7 Å². The molecule has 0 unspecified atom stereocenters. The summed E-state index contributed by atoms with van der Waals surface area (Å²) in [6, 6.07) is 15.0. The summed E-state index contributed by atoms with van der Waals surface area (Å²) in [6.45, 7) is 5.10. The largest absolute Gasteiger partial charge is 0.493 e. The quantitative estimate of drug-likeness (QED) is 0.218. The van der Waals surface area contributed by atoms with Crippen LogP contribution in [-0.2, 0) is 4.79 Å². The predicted molar refractivity (Wildman–Crippen MR) is 124 cm³/mol. The zero-order chi connectivity index (χ0) is 20.6. The number of ether oxygens (including phenoxy) is 2. The molecular formula is C22H20ClNO3S2. The number of hydrogen-bond acceptors (Lipinski definition) is 5. The Morgan fingerprint density at radius 3 is 2.72 bits per heavy atom. The molecule has 150 valence electrons. The van der Waals surface area contributed by atoms with Gasteiger partial charge in [0.1, 0.15) is 15.8 Å². The zero-order valence-corrected chi connectivity index (χ0v) is 18.1. The third-order valence-corrected chi connectivity index (χ3v) is 5.68. The van der Waals surface area contributed by atoms with Crippen LogP contribution in [0.5, 0.6) is 11.5 Å². The van der Waals surface area contributed by atoms with Crippen molar-refractivity contribution in [2.45, 2.75) is 6.42 Å². The maximum Gasteiger partial charge on any atom is 0.266 e. The van der Waals surface area contributed by atoms with Gasteiger partial charge < -0.3 is 9.47 Å². The first kappa shape index (κ1) is 21.4. The van der Waals surface area contributed by atoms with Crippen LogP contribution in [0.3, 0.4) is 0 Å². The summed E-state index contributed by atoms with van der Waals surface area (Å²) in [5.74, 6) is 1.31. The average Bonchev–Trinajstić information content (AvgIpc) is 2.97. The lowest BCUT2D eigenvalue weighted by Gasteiger charge is -2.10. The first-order valence-corrected chi connectivity index (χ1v) is 10.6. The molecule has 7 heteroatoms. The van der Waals surface area contributed by atoms with Crippen molar-refractivity contribution in [2.24, 2.45) is 0 Å². The van der Waals surface area contributed by atoms with E-state index in [2.05, 4.69) is 6.58 Å². The van der Waals surface area contributed by atoms with Gasteiger partial charge in [-0.3, -0.25) is 9.69 Å². The minimum Gasteiger partial charge on any atom is -0.493 e. The molecule has 0 spiro atoms. The molecule has 0 atom stereocenters. The van der Waals surface area contributed by atoms with Crippen LogP contribution in [-0.4, -0.2) is 34.9 Å². The van der Waals surface area contributed by atoms with Crippen molar-refractivity contribution in [1.29, 1.82) is 0 Å². The number of rotatable bonds is 9. The second-order valence-electron chi connectivity index (χ2n) is 6.13. The summed E-state index contributed by atoms with van der Waals surface area (Å²) in [5, 5.41) is 0.597. The van der Waals surface area contributed by atoms with Crippen molar-refractivity contribution in [3.05, 3.63) is 76.7 Å². The molecule has 1 aliphatic rings. The Morgan fingerprint density at radius 1 is 1.14 bits per heavy atom. The molecule has 0 aromatic heterocycles. The Kier molecular flexibility index (Phi) is 7.75. The lowest BCUT2D eigenvalue weighted by molar-refractivity contribution is -0.121. The smallest absolute Gasteiger partial charge is 0.266 e. The van der Waals surface area contributed by atoms with Crippen molar-refractivity contribution in [1.82, 2.24) is 4.90 Å². The maximum absolute atomic E-state index is 12.4. The number of thioether (sulfide) groups is 1. The number of carbonyl (C=O) groups is 1. The molecule has 0 N–H and O–H groups in total. The highest BCUT2D eigenvalue weighted by atomic mass is 35.5. The molecule has 1 amide bonds. The molecule has 4 nitrogen and oxygen atoms in total. The fourth-order valence-electron chi connectivity index (χ4n) is 2.62. The van der Waals surface area contributed by atoms with E-state index in [0.29, 0.717) is 39.8 Å².